The predicted octanol–water partition coefficient (Wildman–Crippen LogP) is 3.21. The minimum Gasteiger partial charge on any atom is -0.507 e. The van der Waals surface area contributed by atoms with E-state index in [1.165, 1.54) is 6.07 Å². The summed E-state index contributed by atoms with van der Waals surface area (Å²) in [6.07, 6.45) is 1.26. The van der Waals surface area contributed by atoms with Gasteiger partial charge in [-0.05, 0) is 36.6 Å². The van der Waals surface area contributed by atoms with Gasteiger partial charge in [0, 0.05) is 5.56 Å². The van der Waals surface area contributed by atoms with Crippen LogP contribution in [0.4, 0.5) is 0 Å². The standard InChI is InChI=1S/C16H17NO3/c1-20-13-8-10-16(18)14(11-13)15(17-19)9-7-12-5-3-2-4-6-12/h2-6,8,10-11,18-19H,7,9H2,1H3/b17-15-. The zero-order chi connectivity index (χ0) is 14.4. The minimum atomic E-state index is 0.0756. The summed E-state index contributed by atoms with van der Waals surface area (Å²) in [6, 6.07) is 14.8. The fraction of sp³-hybridized carbons (Fsp3) is 0.188. The zero-order valence-corrected chi connectivity index (χ0v) is 11.3. The molecule has 2 aromatic carbocycles. The maximum absolute atomic E-state index is 9.88. The third-order valence-electron chi connectivity index (χ3n) is 3.13. The van der Waals surface area contributed by atoms with E-state index < -0.39 is 0 Å². The van der Waals surface area contributed by atoms with E-state index in [1.807, 2.05) is 30.3 Å². The number of hydrogen-bond donors (Lipinski definition) is 2. The van der Waals surface area contributed by atoms with Crippen molar-refractivity contribution < 1.29 is 15.1 Å². The summed E-state index contributed by atoms with van der Waals surface area (Å²) in [6.45, 7) is 0. The van der Waals surface area contributed by atoms with E-state index in [-0.39, 0.29) is 5.75 Å². The van der Waals surface area contributed by atoms with Gasteiger partial charge in [-0.15, -0.1) is 0 Å². The summed E-state index contributed by atoms with van der Waals surface area (Å²) in [5.41, 5.74) is 2.07. The molecule has 4 nitrogen and oxygen atoms in total. The molecule has 0 aliphatic heterocycles. The van der Waals surface area contributed by atoms with Gasteiger partial charge in [0.2, 0.25) is 0 Å². The Morgan fingerprint density at radius 2 is 1.90 bits per heavy atom. The first-order valence-corrected chi connectivity index (χ1v) is 6.37. The summed E-state index contributed by atoms with van der Waals surface area (Å²) in [5.74, 6) is 0.685. The van der Waals surface area contributed by atoms with Gasteiger partial charge < -0.3 is 15.1 Å². The molecule has 0 aromatic heterocycles. The van der Waals surface area contributed by atoms with Crippen LogP contribution < -0.4 is 4.74 Å². The number of benzene rings is 2. The molecule has 0 amide bonds. The van der Waals surface area contributed by atoms with E-state index in [1.54, 1.807) is 19.2 Å². The Morgan fingerprint density at radius 3 is 2.55 bits per heavy atom. The van der Waals surface area contributed by atoms with E-state index in [9.17, 15) is 10.3 Å². The Bertz CT molecular complexity index is 594. The molecule has 2 aromatic rings. The molecule has 20 heavy (non-hydrogen) atoms. The molecule has 0 saturated heterocycles. The van der Waals surface area contributed by atoms with Crippen molar-refractivity contribution in [1.29, 1.82) is 0 Å². The first-order valence-electron chi connectivity index (χ1n) is 6.37. The fourth-order valence-electron chi connectivity index (χ4n) is 2.02. The number of aryl methyl sites for hydroxylation is 1. The van der Waals surface area contributed by atoms with E-state index in [4.69, 9.17) is 4.74 Å². The fourth-order valence-corrected chi connectivity index (χ4v) is 2.02. The summed E-state index contributed by atoms with van der Waals surface area (Å²) < 4.78 is 5.12. The monoisotopic (exact) mass is 271 g/mol. The number of ether oxygens (including phenoxy) is 1. The van der Waals surface area contributed by atoms with Gasteiger partial charge in [0.15, 0.2) is 0 Å². The van der Waals surface area contributed by atoms with Crippen LogP contribution in [0.15, 0.2) is 53.7 Å². The quantitative estimate of drug-likeness (QED) is 0.498. The molecule has 0 atom stereocenters. The molecule has 0 aliphatic rings. The van der Waals surface area contributed by atoms with Crippen molar-refractivity contribution in [2.75, 3.05) is 7.11 Å². The van der Waals surface area contributed by atoms with Crippen LogP contribution in [0.3, 0.4) is 0 Å². The number of methoxy groups -OCH3 is 1. The zero-order valence-electron chi connectivity index (χ0n) is 11.3. The lowest BCUT2D eigenvalue weighted by Gasteiger charge is -2.09. The third kappa shape index (κ3) is 3.29. The molecule has 104 valence electrons. The highest BCUT2D eigenvalue weighted by Gasteiger charge is 2.11. The van der Waals surface area contributed by atoms with Crippen LogP contribution in [0.1, 0.15) is 17.5 Å². The van der Waals surface area contributed by atoms with Crippen molar-refractivity contribution in [3.8, 4) is 11.5 Å². The molecule has 2 N–H and O–H groups in total. The maximum atomic E-state index is 9.88. The Kier molecular flexibility index (Phi) is 4.60. The van der Waals surface area contributed by atoms with E-state index in [2.05, 4.69) is 5.16 Å². The SMILES string of the molecule is COc1ccc(O)c(/C(CCc2ccccc2)=N\O)c1. The number of hydrogen-bond acceptors (Lipinski definition) is 4. The van der Waals surface area contributed by atoms with E-state index in [0.29, 0.717) is 23.4 Å². The number of nitrogens with zero attached hydrogens (tertiary/aromatic N) is 1. The number of aromatic hydroxyl groups is 1. The summed E-state index contributed by atoms with van der Waals surface area (Å²) >= 11 is 0. The molecule has 0 fully saturated rings. The molecular weight excluding hydrogens is 254 g/mol. The van der Waals surface area contributed by atoms with Crippen LogP contribution in [0, 0.1) is 0 Å². The highest BCUT2D eigenvalue weighted by Crippen LogP contribution is 2.25. The lowest BCUT2D eigenvalue weighted by molar-refractivity contribution is 0.317. The van der Waals surface area contributed by atoms with Gasteiger partial charge in [-0.2, -0.15) is 0 Å². The molecule has 0 spiro atoms. The molecule has 0 saturated carbocycles. The molecule has 0 aliphatic carbocycles. The smallest absolute Gasteiger partial charge is 0.125 e. The Labute approximate surface area is 117 Å². The number of rotatable bonds is 5. The summed E-state index contributed by atoms with van der Waals surface area (Å²) in [5, 5.41) is 22.4. The van der Waals surface area contributed by atoms with Gasteiger partial charge in [-0.25, -0.2) is 0 Å². The van der Waals surface area contributed by atoms with Crippen LogP contribution in [0.2, 0.25) is 0 Å². The Hall–Kier alpha value is -2.49. The van der Waals surface area contributed by atoms with Gasteiger partial charge >= 0.3 is 0 Å². The van der Waals surface area contributed by atoms with Gasteiger partial charge in [-0.3, -0.25) is 0 Å². The van der Waals surface area contributed by atoms with Gasteiger partial charge in [0.25, 0.3) is 0 Å². The van der Waals surface area contributed by atoms with Crippen LogP contribution in [-0.4, -0.2) is 23.1 Å². The molecule has 0 unspecified atom stereocenters. The number of phenolic OH excluding ortho intramolecular Hbond substituents is 1. The average molecular weight is 271 g/mol. The van der Waals surface area contributed by atoms with Crippen molar-refractivity contribution in [2.45, 2.75) is 12.8 Å². The van der Waals surface area contributed by atoms with Crippen LogP contribution in [0.5, 0.6) is 11.5 Å². The first kappa shape index (κ1) is 13.9. The largest absolute Gasteiger partial charge is 0.507 e. The molecule has 4 heteroatoms. The highest BCUT2D eigenvalue weighted by molar-refractivity contribution is 6.02. The van der Waals surface area contributed by atoms with Crippen molar-refractivity contribution in [1.82, 2.24) is 0 Å². The van der Waals surface area contributed by atoms with Gasteiger partial charge in [0.1, 0.15) is 11.5 Å². The number of oxime groups is 1. The predicted molar refractivity (Wildman–Crippen MR) is 77.7 cm³/mol. The molecule has 0 bridgehead atoms. The molecule has 0 heterocycles. The van der Waals surface area contributed by atoms with Gasteiger partial charge in [0.05, 0.1) is 12.8 Å². The lowest BCUT2D eigenvalue weighted by atomic mass is 10.0. The van der Waals surface area contributed by atoms with E-state index in [0.717, 1.165) is 12.0 Å². The summed E-state index contributed by atoms with van der Waals surface area (Å²) in [7, 11) is 1.55. The second-order valence-corrected chi connectivity index (χ2v) is 4.42. The van der Waals surface area contributed by atoms with Crippen LogP contribution in [-0.2, 0) is 6.42 Å². The normalized spacial score (nSPS) is 11.3. The number of phenols is 1. The van der Waals surface area contributed by atoms with Gasteiger partial charge in [-0.1, -0.05) is 35.5 Å². The lowest BCUT2D eigenvalue weighted by Crippen LogP contribution is -2.04. The second-order valence-electron chi connectivity index (χ2n) is 4.42. The van der Waals surface area contributed by atoms with Crippen molar-refractivity contribution in [3.05, 3.63) is 59.7 Å². The molecule has 2 rings (SSSR count). The Morgan fingerprint density at radius 1 is 1.15 bits per heavy atom. The maximum Gasteiger partial charge on any atom is 0.125 e. The second kappa shape index (κ2) is 6.61. The minimum absolute atomic E-state index is 0.0756. The average Bonchev–Trinajstić information content (AvgIpc) is 2.50. The van der Waals surface area contributed by atoms with Crippen molar-refractivity contribution in [3.63, 3.8) is 0 Å². The summed E-state index contributed by atoms with van der Waals surface area (Å²) in [4.78, 5) is 0. The van der Waals surface area contributed by atoms with E-state index >= 15 is 0 Å². The topological polar surface area (TPSA) is 62.0 Å². The Balaban J connectivity index is 2.17. The van der Waals surface area contributed by atoms with Crippen molar-refractivity contribution >= 4 is 5.71 Å². The first-order chi connectivity index (χ1) is 9.74. The van der Waals surface area contributed by atoms with Crippen molar-refractivity contribution in [2.24, 2.45) is 5.16 Å². The van der Waals surface area contributed by atoms with Crippen LogP contribution >= 0.6 is 0 Å². The highest BCUT2D eigenvalue weighted by atomic mass is 16.5. The van der Waals surface area contributed by atoms with Crippen LogP contribution in [0.25, 0.3) is 0 Å². The molecular formula is C16H17NO3. The molecule has 0 radical (unpaired) electrons. The third-order valence-corrected chi connectivity index (χ3v) is 3.13.